The number of rotatable bonds is 4. The zero-order chi connectivity index (χ0) is 9.78. The lowest BCUT2D eigenvalue weighted by Crippen LogP contribution is -2.36. The van der Waals surface area contributed by atoms with E-state index in [2.05, 4.69) is 38.4 Å². The number of ether oxygens (including phenoxy) is 1. The molecule has 0 aromatic carbocycles. The van der Waals surface area contributed by atoms with Gasteiger partial charge in [0, 0.05) is 13.7 Å². The standard InChI is InChI=1S/C9H21NOS/c1-9(2,3)8(11-5)7-10(4)12-6/h8H,7H2,1-6H3. The topological polar surface area (TPSA) is 12.5 Å². The number of methoxy groups -OCH3 is 1. The van der Waals surface area contributed by atoms with Crippen LogP contribution in [0.2, 0.25) is 0 Å². The van der Waals surface area contributed by atoms with Crippen molar-refractivity contribution in [1.29, 1.82) is 0 Å². The van der Waals surface area contributed by atoms with E-state index in [1.54, 1.807) is 19.1 Å². The van der Waals surface area contributed by atoms with Gasteiger partial charge in [-0.15, -0.1) is 0 Å². The Kier molecular flexibility index (Phi) is 5.21. The van der Waals surface area contributed by atoms with E-state index in [-0.39, 0.29) is 5.41 Å². The molecule has 0 N–H and O–H groups in total. The second-order valence-electron chi connectivity index (χ2n) is 4.08. The predicted octanol–water partition coefficient (Wildman–Crippen LogP) is 2.26. The summed E-state index contributed by atoms with van der Waals surface area (Å²) in [5.74, 6) is 0. The first kappa shape index (κ1) is 12.3. The maximum absolute atomic E-state index is 5.43. The largest absolute Gasteiger partial charge is 0.380 e. The highest BCUT2D eigenvalue weighted by molar-refractivity contribution is 7.96. The van der Waals surface area contributed by atoms with Crippen LogP contribution in [0, 0.1) is 5.41 Å². The lowest BCUT2D eigenvalue weighted by molar-refractivity contribution is 0.00894. The molecule has 74 valence electrons. The molecule has 1 unspecified atom stereocenters. The maximum Gasteiger partial charge on any atom is 0.0755 e. The fraction of sp³-hybridized carbons (Fsp3) is 1.00. The van der Waals surface area contributed by atoms with Crippen molar-refractivity contribution in [3.05, 3.63) is 0 Å². The summed E-state index contributed by atoms with van der Waals surface area (Å²) in [6, 6.07) is 0. The van der Waals surface area contributed by atoms with Crippen LogP contribution in [-0.2, 0) is 4.74 Å². The zero-order valence-electron chi connectivity index (χ0n) is 9.05. The fourth-order valence-electron chi connectivity index (χ4n) is 1.01. The Morgan fingerprint density at radius 1 is 1.42 bits per heavy atom. The third-order valence-corrected chi connectivity index (χ3v) is 2.76. The Morgan fingerprint density at radius 3 is 2.17 bits per heavy atom. The minimum Gasteiger partial charge on any atom is -0.380 e. The number of likely N-dealkylation sites (N-methyl/N-ethyl adjacent to an activating group) is 1. The smallest absolute Gasteiger partial charge is 0.0755 e. The highest BCUT2D eigenvalue weighted by Crippen LogP contribution is 2.23. The van der Waals surface area contributed by atoms with Gasteiger partial charge < -0.3 is 4.74 Å². The van der Waals surface area contributed by atoms with Gasteiger partial charge in [0.05, 0.1) is 6.10 Å². The van der Waals surface area contributed by atoms with Crippen LogP contribution in [0.5, 0.6) is 0 Å². The predicted molar refractivity (Wildman–Crippen MR) is 56.4 cm³/mol. The Bertz CT molecular complexity index is 122. The van der Waals surface area contributed by atoms with Crippen molar-refractivity contribution in [1.82, 2.24) is 4.31 Å². The Balaban J connectivity index is 4.00. The average Bonchev–Trinajstić information content (AvgIpc) is 1.97. The molecule has 0 radical (unpaired) electrons. The van der Waals surface area contributed by atoms with Gasteiger partial charge in [-0.3, -0.25) is 4.31 Å². The molecular weight excluding hydrogens is 170 g/mol. The van der Waals surface area contributed by atoms with E-state index in [1.807, 2.05) is 0 Å². The van der Waals surface area contributed by atoms with Gasteiger partial charge in [-0.25, -0.2) is 0 Å². The minimum absolute atomic E-state index is 0.221. The van der Waals surface area contributed by atoms with Crippen molar-refractivity contribution in [2.45, 2.75) is 26.9 Å². The van der Waals surface area contributed by atoms with Gasteiger partial charge in [-0.2, -0.15) is 0 Å². The summed E-state index contributed by atoms with van der Waals surface area (Å²) in [6.07, 6.45) is 2.38. The van der Waals surface area contributed by atoms with Gasteiger partial charge in [-0.1, -0.05) is 32.7 Å². The number of nitrogens with zero attached hydrogens (tertiary/aromatic N) is 1. The van der Waals surface area contributed by atoms with E-state index in [9.17, 15) is 0 Å². The molecular formula is C9H21NOS. The normalized spacial score (nSPS) is 15.2. The van der Waals surface area contributed by atoms with Crippen LogP contribution < -0.4 is 0 Å². The van der Waals surface area contributed by atoms with Crippen LogP contribution >= 0.6 is 11.9 Å². The van der Waals surface area contributed by atoms with E-state index in [1.165, 1.54) is 0 Å². The quantitative estimate of drug-likeness (QED) is 0.632. The second-order valence-corrected chi connectivity index (χ2v) is 5.07. The summed E-state index contributed by atoms with van der Waals surface area (Å²) in [7, 11) is 3.87. The molecule has 0 spiro atoms. The third-order valence-electron chi connectivity index (χ3n) is 1.99. The number of hydrogen-bond acceptors (Lipinski definition) is 3. The SMILES string of the molecule is COC(CN(C)SC)C(C)(C)C. The third kappa shape index (κ3) is 4.33. The molecule has 0 amide bonds. The van der Waals surface area contributed by atoms with E-state index in [4.69, 9.17) is 4.74 Å². The molecule has 0 saturated heterocycles. The van der Waals surface area contributed by atoms with Crippen LogP contribution in [0.3, 0.4) is 0 Å². The lowest BCUT2D eigenvalue weighted by Gasteiger charge is -2.31. The molecule has 0 bridgehead atoms. The highest BCUT2D eigenvalue weighted by Gasteiger charge is 2.25. The van der Waals surface area contributed by atoms with Crippen molar-refractivity contribution in [3.63, 3.8) is 0 Å². The highest BCUT2D eigenvalue weighted by atomic mass is 32.2. The first-order valence-electron chi connectivity index (χ1n) is 4.20. The Hall–Kier alpha value is 0.270. The van der Waals surface area contributed by atoms with Crippen molar-refractivity contribution < 1.29 is 4.74 Å². The lowest BCUT2D eigenvalue weighted by atomic mass is 9.89. The number of hydrogen-bond donors (Lipinski definition) is 0. The summed E-state index contributed by atoms with van der Waals surface area (Å²) in [6.45, 7) is 7.58. The van der Waals surface area contributed by atoms with E-state index in [0.29, 0.717) is 6.10 Å². The molecule has 0 aromatic heterocycles. The summed E-state index contributed by atoms with van der Waals surface area (Å²) in [5.41, 5.74) is 0.221. The van der Waals surface area contributed by atoms with Gasteiger partial charge in [-0.05, 0) is 18.7 Å². The fourth-order valence-corrected chi connectivity index (χ4v) is 1.29. The van der Waals surface area contributed by atoms with Crippen LogP contribution in [0.1, 0.15) is 20.8 Å². The molecule has 0 fully saturated rings. The van der Waals surface area contributed by atoms with Crippen LogP contribution in [0.4, 0.5) is 0 Å². The molecule has 0 aliphatic carbocycles. The van der Waals surface area contributed by atoms with Gasteiger partial charge in [0.25, 0.3) is 0 Å². The molecule has 2 nitrogen and oxygen atoms in total. The second kappa shape index (κ2) is 5.10. The molecule has 0 aliphatic heterocycles. The first-order valence-corrected chi connectivity index (χ1v) is 5.38. The molecule has 12 heavy (non-hydrogen) atoms. The molecule has 0 rings (SSSR count). The van der Waals surface area contributed by atoms with Crippen LogP contribution in [0.15, 0.2) is 0 Å². The van der Waals surface area contributed by atoms with Gasteiger partial charge in [0.1, 0.15) is 0 Å². The Labute approximate surface area is 80.8 Å². The van der Waals surface area contributed by atoms with E-state index in [0.717, 1.165) is 6.54 Å². The van der Waals surface area contributed by atoms with Gasteiger partial charge in [0.2, 0.25) is 0 Å². The molecule has 0 aliphatic rings. The summed E-state index contributed by atoms with van der Waals surface area (Å²) < 4.78 is 7.63. The van der Waals surface area contributed by atoms with Crippen molar-refractivity contribution in [2.24, 2.45) is 5.41 Å². The molecule has 0 aromatic rings. The van der Waals surface area contributed by atoms with Crippen molar-refractivity contribution >= 4 is 11.9 Å². The monoisotopic (exact) mass is 191 g/mol. The van der Waals surface area contributed by atoms with Crippen LogP contribution in [0.25, 0.3) is 0 Å². The van der Waals surface area contributed by atoms with Gasteiger partial charge >= 0.3 is 0 Å². The van der Waals surface area contributed by atoms with E-state index >= 15 is 0 Å². The Morgan fingerprint density at radius 2 is 1.92 bits per heavy atom. The van der Waals surface area contributed by atoms with Crippen molar-refractivity contribution in [3.8, 4) is 0 Å². The summed E-state index contributed by atoms with van der Waals surface area (Å²) in [5, 5.41) is 0. The van der Waals surface area contributed by atoms with Crippen LogP contribution in [-0.4, -0.2) is 37.4 Å². The average molecular weight is 191 g/mol. The molecule has 1 atom stereocenters. The van der Waals surface area contributed by atoms with Gasteiger partial charge in [0.15, 0.2) is 0 Å². The molecule has 3 heteroatoms. The molecule has 0 heterocycles. The minimum atomic E-state index is 0.221. The molecule has 0 saturated carbocycles. The first-order chi connectivity index (χ1) is 5.41. The summed E-state index contributed by atoms with van der Waals surface area (Å²) in [4.78, 5) is 0. The summed E-state index contributed by atoms with van der Waals surface area (Å²) >= 11 is 1.74. The maximum atomic E-state index is 5.43. The van der Waals surface area contributed by atoms with Crippen molar-refractivity contribution in [2.75, 3.05) is 27.0 Å². The zero-order valence-corrected chi connectivity index (χ0v) is 9.86. The van der Waals surface area contributed by atoms with E-state index < -0.39 is 0 Å².